The maximum Gasteiger partial charge on any atom is -0.00928 e. The monoisotopic (exact) mass is 708 g/mol. The van der Waals surface area contributed by atoms with Crippen molar-refractivity contribution in [2.45, 2.75) is 0 Å². The van der Waals surface area contributed by atoms with E-state index in [4.69, 9.17) is 0 Å². The van der Waals surface area contributed by atoms with Gasteiger partial charge in [-0.15, -0.1) is 0 Å². The zero-order chi connectivity index (χ0) is 37.0. The van der Waals surface area contributed by atoms with Crippen LogP contribution in [0.4, 0.5) is 0 Å². The van der Waals surface area contributed by atoms with Crippen molar-refractivity contribution in [2.75, 3.05) is 0 Å². The third-order valence-electron chi connectivity index (χ3n) is 11.6. The van der Waals surface area contributed by atoms with Crippen LogP contribution in [-0.2, 0) is 0 Å². The molecule has 0 heterocycles. The molecule has 0 aromatic heterocycles. The average molecular weight is 709 g/mol. The van der Waals surface area contributed by atoms with Crippen LogP contribution < -0.4 is 0 Å². The number of rotatable bonds is 5. The minimum Gasteiger partial charge on any atom is -0.0622 e. The summed E-state index contributed by atoms with van der Waals surface area (Å²) in [4.78, 5) is 0. The van der Waals surface area contributed by atoms with Gasteiger partial charge in [-0.25, -0.2) is 0 Å². The normalized spacial score (nSPS) is 11.6. The van der Waals surface area contributed by atoms with Gasteiger partial charge in [-0.05, 0) is 152 Å². The molecule has 0 heteroatoms. The van der Waals surface area contributed by atoms with E-state index in [0.717, 1.165) is 0 Å². The van der Waals surface area contributed by atoms with Gasteiger partial charge in [0, 0.05) is 0 Å². The molecule has 260 valence electrons. The van der Waals surface area contributed by atoms with Crippen molar-refractivity contribution in [3.8, 4) is 55.6 Å². The first-order valence-electron chi connectivity index (χ1n) is 19.4. The Labute approximate surface area is 326 Å². The van der Waals surface area contributed by atoms with E-state index >= 15 is 0 Å². The van der Waals surface area contributed by atoms with E-state index in [-0.39, 0.29) is 0 Å². The molecule has 0 nitrogen and oxygen atoms in total. The third kappa shape index (κ3) is 5.54. The predicted octanol–water partition coefficient (Wildman–Crippen LogP) is 15.8. The topological polar surface area (TPSA) is 0 Å². The highest BCUT2D eigenvalue weighted by Crippen LogP contribution is 2.42. The molecule has 0 unspecified atom stereocenters. The first-order valence-corrected chi connectivity index (χ1v) is 19.4. The van der Waals surface area contributed by atoms with Crippen molar-refractivity contribution < 1.29 is 0 Å². The van der Waals surface area contributed by atoms with Crippen LogP contribution >= 0.6 is 0 Å². The summed E-state index contributed by atoms with van der Waals surface area (Å²) in [5.74, 6) is 0. The number of fused-ring (bicyclic) bond motifs is 6. The zero-order valence-corrected chi connectivity index (χ0v) is 30.8. The van der Waals surface area contributed by atoms with Crippen LogP contribution in [0.3, 0.4) is 0 Å². The molecule has 0 N–H and O–H groups in total. The van der Waals surface area contributed by atoms with Crippen LogP contribution in [0.1, 0.15) is 0 Å². The Kier molecular flexibility index (Phi) is 7.60. The fraction of sp³-hybridized carbons (Fsp3) is 0. The van der Waals surface area contributed by atoms with Gasteiger partial charge in [0.2, 0.25) is 0 Å². The van der Waals surface area contributed by atoms with Crippen molar-refractivity contribution in [3.05, 3.63) is 218 Å². The van der Waals surface area contributed by atoms with Gasteiger partial charge in [0.25, 0.3) is 0 Å². The summed E-state index contributed by atoms with van der Waals surface area (Å²) in [5.41, 5.74) is 12.3. The van der Waals surface area contributed by atoms with Crippen LogP contribution in [0, 0.1) is 0 Å². The Morgan fingerprint density at radius 1 is 0.161 bits per heavy atom. The molecule has 0 saturated heterocycles. The lowest BCUT2D eigenvalue weighted by atomic mass is 9.87. The van der Waals surface area contributed by atoms with E-state index in [1.54, 1.807) is 0 Å². The summed E-state index contributed by atoms with van der Waals surface area (Å²) in [6.07, 6.45) is 0. The quantitative estimate of drug-likeness (QED) is 0.156. The predicted molar refractivity (Wildman–Crippen MR) is 241 cm³/mol. The van der Waals surface area contributed by atoms with Gasteiger partial charge in [-0.2, -0.15) is 0 Å². The second-order valence-corrected chi connectivity index (χ2v) is 14.9. The number of hydrogen-bond donors (Lipinski definition) is 0. The first-order chi connectivity index (χ1) is 27.7. The first kappa shape index (κ1) is 32.2. The Morgan fingerprint density at radius 2 is 0.625 bits per heavy atom. The van der Waals surface area contributed by atoms with Crippen molar-refractivity contribution in [3.63, 3.8) is 0 Å². The van der Waals surface area contributed by atoms with Crippen molar-refractivity contribution >= 4 is 53.9 Å². The van der Waals surface area contributed by atoms with E-state index in [0.29, 0.717) is 0 Å². The maximum atomic E-state index is 2.41. The smallest absolute Gasteiger partial charge is 0.00928 e. The molecule has 11 aromatic carbocycles. The van der Waals surface area contributed by atoms with Crippen LogP contribution in [0.5, 0.6) is 0 Å². The van der Waals surface area contributed by atoms with Crippen LogP contribution in [-0.4, -0.2) is 0 Å². The third-order valence-corrected chi connectivity index (χ3v) is 11.6. The van der Waals surface area contributed by atoms with Crippen LogP contribution in [0.25, 0.3) is 109 Å². The van der Waals surface area contributed by atoms with E-state index in [9.17, 15) is 0 Å². The minimum atomic E-state index is 1.22. The largest absolute Gasteiger partial charge is 0.0622 e. The summed E-state index contributed by atoms with van der Waals surface area (Å²) in [6, 6.07) is 80.4. The average Bonchev–Trinajstić information content (AvgIpc) is 3.28. The van der Waals surface area contributed by atoms with E-state index in [2.05, 4.69) is 218 Å². The van der Waals surface area contributed by atoms with Gasteiger partial charge in [-0.3, -0.25) is 0 Å². The standard InChI is InChI=1S/C56H36/c1-3-12-38(13-4-1)53-33-40-17-7-8-18-41(40)34-55(53)47-27-29-52-51-28-26-45(32-48(51)36-54(56(52)35-47)39-14-5-2-6-15-39)42-22-23-44-31-46(25-24-43(44)30-42)50-21-11-19-37-16-9-10-20-49(37)50/h1-36H. The lowest BCUT2D eigenvalue weighted by Crippen LogP contribution is -1.90. The molecule has 56 heavy (non-hydrogen) atoms. The molecular formula is C56H36. The molecule has 0 spiro atoms. The van der Waals surface area contributed by atoms with Gasteiger partial charge in [0.15, 0.2) is 0 Å². The van der Waals surface area contributed by atoms with E-state index < -0.39 is 0 Å². The molecule has 11 rings (SSSR count). The SMILES string of the molecule is c1ccc(-c2cc3ccccc3cc2-c2ccc3c(c2)c(-c2ccccc2)cc2cc(-c4ccc5cc(-c6cccc7ccccc67)ccc5c4)ccc23)cc1. The summed E-state index contributed by atoms with van der Waals surface area (Å²) < 4.78 is 0. The van der Waals surface area contributed by atoms with E-state index in [1.807, 2.05) is 0 Å². The lowest BCUT2D eigenvalue weighted by Gasteiger charge is -2.16. The lowest BCUT2D eigenvalue weighted by molar-refractivity contribution is 1.61. The summed E-state index contributed by atoms with van der Waals surface area (Å²) in [6.45, 7) is 0. The second-order valence-electron chi connectivity index (χ2n) is 14.9. The second kappa shape index (κ2) is 13.2. The van der Waals surface area contributed by atoms with Gasteiger partial charge in [0.05, 0.1) is 0 Å². The summed E-state index contributed by atoms with van der Waals surface area (Å²) in [7, 11) is 0. The van der Waals surface area contributed by atoms with E-state index in [1.165, 1.54) is 109 Å². The van der Waals surface area contributed by atoms with Crippen molar-refractivity contribution in [1.29, 1.82) is 0 Å². The Morgan fingerprint density at radius 3 is 1.36 bits per heavy atom. The number of benzene rings is 11. The van der Waals surface area contributed by atoms with Crippen LogP contribution in [0.2, 0.25) is 0 Å². The minimum absolute atomic E-state index is 1.22. The Bertz CT molecular complexity index is 3280. The van der Waals surface area contributed by atoms with Crippen molar-refractivity contribution in [1.82, 2.24) is 0 Å². The fourth-order valence-electron chi connectivity index (χ4n) is 8.77. The molecule has 0 aliphatic heterocycles. The van der Waals surface area contributed by atoms with Gasteiger partial charge >= 0.3 is 0 Å². The molecule has 0 bridgehead atoms. The molecule has 0 radical (unpaired) electrons. The zero-order valence-electron chi connectivity index (χ0n) is 30.8. The molecule has 0 aliphatic rings. The number of hydrogen-bond acceptors (Lipinski definition) is 0. The van der Waals surface area contributed by atoms with Crippen molar-refractivity contribution in [2.24, 2.45) is 0 Å². The highest BCUT2D eigenvalue weighted by Gasteiger charge is 2.15. The molecular weight excluding hydrogens is 673 g/mol. The fourth-order valence-corrected chi connectivity index (χ4v) is 8.77. The summed E-state index contributed by atoms with van der Waals surface area (Å²) >= 11 is 0. The molecule has 0 amide bonds. The molecule has 0 atom stereocenters. The molecule has 0 saturated carbocycles. The van der Waals surface area contributed by atoms with Gasteiger partial charge in [0.1, 0.15) is 0 Å². The van der Waals surface area contributed by atoms with Crippen LogP contribution in [0.15, 0.2) is 218 Å². The maximum absolute atomic E-state index is 2.41. The Balaban J connectivity index is 1.04. The molecule has 0 fully saturated rings. The molecule has 11 aromatic rings. The van der Waals surface area contributed by atoms with Gasteiger partial charge in [-0.1, -0.05) is 176 Å². The van der Waals surface area contributed by atoms with Gasteiger partial charge < -0.3 is 0 Å². The highest BCUT2D eigenvalue weighted by molar-refractivity contribution is 6.16. The summed E-state index contributed by atoms with van der Waals surface area (Å²) in [5, 5.41) is 12.6. The Hall–Kier alpha value is -7.28. The molecule has 0 aliphatic carbocycles. The highest BCUT2D eigenvalue weighted by atomic mass is 14.2.